The fourth-order valence-electron chi connectivity index (χ4n) is 3.84. The zero-order valence-corrected chi connectivity index (χ0v) is 20.7. The smallest absolute Gasteiger partial charge is 0.266 e. The van der Waals surface area contributed by atoms with Crippen LogP contribution in [0.3, 0.4) is 0 Å². The number of amides is 1. The fourth-order valence-corrected chi connectivity index (χ4v) is 3.84. The van der Waals surface area contributed by atoms with Crippen LogP contribution in [0.25, 0.3) is 6.08 Å². The first kappa shape index (κ1) is 27.0. The van der Waals surface area contributed by atoms with Gasteiger partial charge in [-0.25, -0.2) is 19.2 Å². The molecule has 0 saturated carbocycles. The first-order chi connectivity index (χ1) is 18.5. The van der Waals surface area contributed by atoms with Crippen LogP contribution in [0.15, 0.2) is 83.9 Å². The standard InChI is InChI=1S/C29H29F2N3O4/c30-25-10-4-11-26(31)24(25)19-32-34-28(36)29(16-5-9-21-7-2-1-3-8-21)20-38-27(33-29)22-12-14-23(15-13-22)37-18-6-17-35/h1-5,7-15,32,35H,6,16-20H2,(H,34,36)/b9-5+/t29-/m0/s1. The number of carbonyl (C=O) groups is 1. The number of aliphatic imine (C=N–C) groups is 1. The maximum Gasteiger partial charge on any atom is 0.266 e. The van der Waals surface area contributed by atoms with Gasteiger partial charge in [-0.05, 0) is 42.0 Å². The van der Waals surface area contributed by atoms with E-state index in [9.17, 15) is 13.6 Å². The van der Waals surface area contributed by atoms with E-state index in [0.717, 1.165) is 17.7 Å². The molecule has 1 heterocycles. The van der Waals surface area contributed by atoms with Crippen molar-refractivity contribution in [3.8, 4) is 5.75 Å². The molecule has 7 nitrogen and oxygen atoms in total. The fraction of sp³-hybridized carbons (Fsp3) is 0.241. The van der Waals surface area contributed by atoms with Gasteiger partial charge >= 0.3 is 0 Å². The van der Waals surface area contributed by atoms with Crippen LogP contribution in [0.4, 0.5) is 8.78 Å². The number of rotatable bonds is 12. The molecular formula is C29H29F2N3O4. The molecule has 0 radical (unpaired) electrons. The van der Waals surface area contributed by atoms with Crippen molar-refractivity contribution in [3.05, 3.63) is 107 Å². The monoisotopic (exact) mass is 521 g/mol. The number of aliphatic hydroxyl groups is 1. The van der Waals surface area contributed by atoms with Gasteiger partial charge < -0.3 is 14.6 Å². The van der Waals surface area contributed by atoms with Crippen LogP contribution >= 0.6 is 0 Å². The lowest BCUT2D eigenvalue weighted by Crippen LogP contribution is -2.51. The Balaban J connectivity index is 1.50. The number of hydrogen-bond donors (Lipinski definition) is 3. The third-order valence-electron chi connectivity index (χ3n) is 5.95. The largest absolute Gasteiger partial charge is 0.494 e. The van der Waals surface area contributed by atoms with Gasteiger partial charge in [0.15, 0.2) is 5.54 Å². The molecule has 198 valence electrons. The van der Waals surface area contributed by atoms with Crippen LogP contribution in [-0.2, 0) is 16.1 Å². The minimum absolute atomic E-state index is 0.0161. The number of ether oxygens (including phenoxy) is 2. The van der Waals surface area contributed by atoms with Crippen molar-refractivity contribution < 1.29 is 28.2 Å². The van der Waals surface area contributed by atoms with Crippen molar-refractivity contribution in [2.45, 2.75) is 24.9 Å². The van der Waals surface area contributed by atoms with Gasteiger partial charge in [-0.15, -0.1) is 0 Å². The van der Waals surface area contributed by atoms with E-state index in [1.807, 2.05) is 42.5 Å². The van der Waals surface area contributed by atoms with E-state index in [-0.39, 0.29) is 31.7 Å². The predicted octanol–water partition coefficient (Wildman–Crippen LogP) is 4.17. The van der Waals surface area contributed by atoms with Crippen LogP contribution in [-0.4, -0.2) is 42.3 Å². The van der Waals surface area contributed by atoms with Gasteiger partial charge in [0.25, 0.3) is 5.91 Å². The van der Waals surface area contributed by atoms with Crippen LogP contribution in [0, 0.1) is 11.6 Å². The highest BCUT2D eigenvalue weighted by Crippen LogP contribution is 2.28. The molecule has 4 rings (SSSR count). The Labute approximate surface area is 219 Å². The number of halogens is 2. The molecule has 0 aromatic heterocycles. The minimum atomic E-state index is -1.29. The second-order valence-electron chi connectivity index (χ2n) is 8.71. The maximum atomic E-state index is 14.0. The number of hydrazine groups is 1. The quantitative estimate of drug-likeness (QED) is 0.246. The maximum absolute atomic E-state index is 14.0. The van der Waals surface area contributed by atoms with Crippen molar-refractivity contribution in [3.63, 3.8) is 0 Å². The van der Waals surface area contributed by atoms with Crippen molar-refractivity contribution in [2.75, 3.05) is 19.8 Å². The SMILES string of the molecule is O=C(NNCc1c(F)cccc1F)[C@]1(C/C=C/c2ccccc2)COC(c2ccc(OCCCO)cc2)=N1. The summed E-state index contributed by atoms with van der Waals surface area (Å²) in [6.45, 7) is 0.191. The zero-order valence-electron chi connectivity index (χ0n) is 20.7. The number of carbonyl (C=O) groups excluding carboxylic acids is 1. The number of benzene rings is 3. The Morgan fingerprint density at radius 3 is 2.50 bits per heavy atom. The lowest BCUT2D eigenvalue weighted by molar-refractivity contribution is -0.127. The van der Waals surface area contributed by atoms with Crippen LogP contribution in [0.2, 0.25) is 0 Å². The Hall–Kier alpha value is -4.08. The van der Waals surface area contributed by atoms with E-state index >= 15 is 0 Å². The summed E-state index contributed by atoms with van der Waals surface area (Å²) in [6.07, 6.45) is 4.50. The molecule has 9 heteroatoms. The second-order valence-corrected chi connectivity index (χ2v) is 8.71. The predicted molar refractivity (Wildman–Crippen MR) is 140 cm³/mol. The zero-order chi connectivity index (χ0) is 26.8. The summed E-state index contributed by atoms with van der Waals surface area (Å²) in [5.74, 6) is -0.970. The Kier molecular flexibility index (Phi) is 9.18. The minimum Gasteiger partial charge on any atom is -0.494 e. The van der Waals surface area contributed by atoms with E-state index in [4.69, 9.17) is 14.6 Å². The Morgan fingerprint density at radius 2 is 1.79 bits per heavy atom. The molecule has 1 atom stereocenters. The first-order valence-electron chi connectivity index (χ1n) is 12.3. The molecule has 3 aromatic carbocycles. The van der Waals surface area contributed by atoms with Gasteiger partial charge in [0, 0.05) is 37.1 Å². The van der Waals surface area contributed by atoms with Gasteiger partial charge in [-0.3, -0.25) is 10.2 Å². The van der Waals surface area contributed by atoms with Gasteiger partial charge in [0.05, 0.1) is 6.61 Å². The second kappa shape index (κ2) is 12.9. The average molecular weight is 522 g/mol. The highest BCUT2D eigenvalue weighted by atomic mass is 19.1. The molecule has 38 heavy (non-hydrogen) atoms. The molecule has 0 fully saturated rings. The first-order valence-corrected chi connectivity index (χ1v) is 12.3. The Morgan fingerprint density at radius 1 is 1.05 bits per heavy atom. The molecule has 0 aliphatic carbocycles. The van der Waals surface area contributed by atoms with Crippen molar-refractivity contribution in [1.82, 2.24) is 10.9 Å². The van der Waals surface area contributed by atoms with Crippen LogP contribution < -0.4 is 15.6 Å². The summed E-state index contributed by atoms with van der Waals surface area (Å²) in [7, 11) is 0. The molecule has 1 aliphatic heterocycles. The summed E-state index contributed by atoms with van der Waals surface area (Å²) in [5.41, 5.74) is 5.32. The summed E-state index contributed by atoms with van der Waals surface area (Å²) < 4.78 is 39.4. The van der Waals surface area contributed by atoms with Crippen molar-refractivity contribution in [1.29, 1.82) is 0 Å². The summed E-state index contributed by atoms with van der Waals surface area (Å²) in [5, 5.41) is 8.90. The molecule has 0 unspecified atom stereocenters. The van der Waals surface area contributed by atoms with Gasteiger partial charge in [-0.2, -0.15) is 0 Å². The topological polar surface area (TPSA) is 92.2 Å². The molecule has 0 bridgehead atoms. The molecular weight excluding hydrogens is 492 g/mol. The van der Waals surface area contributed by atoms with Gasteiger partial charge in [-0.1, -0.05) is 48.6 Å². The third-order valence-corrected chi connectivity index (χ3v) is 5.95. The number of nitrogens with zero attached hydrogens (tertiary/aromatic N) is 1. The van der Waals surface area contributed by atoms with Gasteiger partial charge in [0.2, 0.25) is 5.90 Å². The van der Waals surface area contributed by atoms with Crippen molar-refractivity contribution in [2.24, 2.45) is 4.99 Å². The van der Waals surface area contributed by atoms with E-state index in [1.54, 1.807) is 24.3 Å². The normalized spacial score (nSPS) is 16.8. The number of hydrogen-bond acceptors (Lipinski definition) is 6. The highest BCUT2D eigenvalue weighted by Gasteiger charge is 2.43. The molecule has 1 aliphatic rings. The summed E-state index contributed by atoms with van der Waals surface area (Å²) >= 11 is 0. The van der Waals surface area contributed by atoms with Crippen LogP contribution in [0.1, 0.15) is 29.5 Å². The van der Waals surface area contributed by atoms with Crippen LogP contribution in [0.5, 0.6) is 5.75 Å². The molecule has 1 amide bonds. The van der Waals surface area contributed by atoms with E-state index < -0.39 is 23.1 Å². The van der Waals surface area contributed by atoms with Gasteiger partial charge in [0.1, 0.15) is 24.0 Å². The number of aliphatic hydroxyl groups excluding tert-OH is 1. The Bertz CT molecular complexity index is 1260. The molecule has 0 saturated heterocycles. The van der Waals surface area contributed by atoms with E-state index in [0.29, 0.717) is 30.2 Å². The lowest BCUT2D eigenvalue weighted by atomic mass is 9.95. The third kappa shape index (κ3) is 6.81. The summed E-state index contributed by atoms with van der Waals surface area (Å²) in [4.78, 5) is 18.0. The van der Waals surface area contributed by atoms with E-state index in [1.165, 1.54) is 6.07 Å². The summed E-state index contributed by atoms with van der Waals surface area (Å²) in [6, 6.07) is 20.3. The average Bonchev–Trinajstić information content (AvgIpc) is 3.37. The molecule has 0 spiro atoms. The van der Waals surface area contributed by atoms with Crippen molar-refractivity contribution >= 4 is 17.9 Å². The molecule has 3 aromatic rings. The highest BCUT2D eigenvalue weighted by molar-refractivity contribution is 6.00. The number of nitrogens with one attached hydrogen (secondary N) is 2. The van der Waals surface area contributed by atoms with E-state index in [2.05, 4.69) is 15.8 Å². The molecule has 3 N–H and O–H groups in total. The lowest BCUT2D eigenvalue weighted by Gasteiger charge is -2.22.